The molecule has 0 bridgehead atoms. The van der Waals surface area contributed by atoms with Crippen LogP contribution in [0.4, 0.5) is 13.6 Å². The first-order valence-electron chi connectivity index (χ1n) is 9.94. The van der Waals surface area contributed by atoms with Crippen molar-refractivity contribution >= 4 is 27.9 Å². The number of halogens is 3. The number of rotatable bonds is 8. The Morgan fingerprint density at radius 2 is 1.93 bits per heavy atom. The molecule has 168 valence electrons. The molecule has 9 heteroatoms. The minimum Gasteiger partial charge on any atom is -0.444 e. The molecule has 1 saturated heterocycles. The van der Waals surface area contributed by atoms with Crippen molar-refractivity contribution in [2.45, 2.75) is 63.1 Å². The summed E-state index contributed by atoms with van der Waals surface area (Å²) < 4.78 is 32.4. The van der Waals surface area contributed by atoms with Crippen LogP contribution in [-0.2, 0) is 16.0 Å². The predicted octanol–water partition coefficient (Wildman–Crippen LogP) is 3.39. The molecule has 1 fully saturated rings. The van der Waals surface area contributed by atoms with Crippen molar-refractivity contribution in [2.24, 2.45) is 0 Å². The summed E-state index contributed by atoms with van der Waals surface area (Å²) in [4.78, 5) is 24.9. The largest absolute Gasteiger partial charge is 0.444 e. The number of ether oxygens (including phenoxy) is 1. The maximum Gasteiger partial charge on any atom is 0.408 e. The van der Waals surface area contributed by atoms with Crippen LogP contribution in [0.3, 0.4) is 0 Å². The SMILES string of the molecule is CC(C)(C)OC(=O)N[C@@]1(Cc2ccccc2)CNC[C@@H]1NC(=O)CCC(F)(F)CBr. The van der Waals surface area contributed by atoms with Crippen LogP contribution < -0.4 is 16.0 Å². The van der Waals surface area contributed by atoms with E-state index in [0.29, 0.717) is 19.5 Å². The fourth-order valence-corrected chi connectivity index (χ4v) is 3.69. The van der Waals surface area contributed by atoms with Gasteiger partial charge in [-0.1, -0.05) is 46.3 Å². The van der Waals surface area contributed by atoms with Crippen molar-refractivity contribution in [3.8, 4) is 0 Å². The van der Waals surface area contributed by atoms with E-state index in [2.05, 4.69) is 31.9 Å². The highest BCUT2D eigenvalue weighted by Gasteiger charge is 2.46. The number of benzene rings is 1. The molecule has 0 radical (unpaired) electrons. The number of carbonyl (C=O) groups excluding carboxylic acids is 2. The number of alkyl halides is 3. The number of alkyl carbamates (subject to hydrolysis) is 1. The summed E-state index contributed by atoms with van der Waals surface area (Å²) in [6, 6.07) is 9.09. The van der Waals surface area contributed by atoms with Crippen molar-refractivity contribution in [1.82, 2.24) is 16.0 Å². The summed E-state index contributed by atoms with van der Waals surface area (Å²) in [5.41, 5.74) is -0.552. The molecule has 2 rings (SSSR count). The van der Waals surface area contributed by atoms with Crippen molar-refractivity contribution in [3.05, 3.63) is 35.9 Å². The van der Waals surface area contributed by atoms with E-state index in [-0.39, 0.29) is 6.42 Å². The van der Waals surface area contributed by atoms with Crippen molar-refractivity contribution in [1.29, 1.82) is 0 Å². The van der Waals surface area contributed by atoms with Gasteiger partial charge in [-0.15, -0.1) is 0 Å². The molecule has 2 amide bonds. The predicted molar refractivity (Wildman–Crippen MR) is 115 cm³/mol. The molecule has 1 aliphatic heterocycles. The Kier molecular flexibility index (Phi) is 8.21. The van der Waals surface area contributed by atoms with E-state index in [1.807, 2.05) is 30.3 Å². The Morgan fingerprint density at radius 1 is 1.27 bits per heavy atom. The Balaban J connectivity index is 2.16. The molecule has 1 heterocycles. The Hall–Kier alpha value is -1.74. The summed E-state index contributed by atoms with van der Waals surface area (Å²) in [6.45, 7) is 6.12. The zero-order valence-corrected chi connectivity index (χ0v) is 19.2. The van der Waals surface area contributed by atoms with Gasteiger partial charge in [-0.25, -0.2) is 13.6 Å². The van der Waals surface area contributed by atoms with Crippen LogP contribution in [0.15, 0.2) is 30.3 Å². The topological polar surface area (TPSA) is 79.5 Å². The molecule has 1 aromatic carbocycles. The van der Waals surface area contributed by atoms with E-state index < -0.39 is 46.9 Å². The van der Waals surface area contributed by atoms with Crippen molar-refractivity contribution in [2.75, 3.05) is 18.4 Å². The summed E-state index contributed by atoms with van der Waals surface area (Å²) >= 11 is 2.76. The minimum absolute atomic E-state index is 0.303. The lowest BCUT2D eigenvalue weighted by Gasteiger charge is -2.37. The Bertz CT molecular complexity index is 728. The maximum atomic E-state index is 13.5. The second kappa shape index (κ2) is 10.0. The van der Waals surface area contributed by atoms with Gasteiger partial charge in [0.2, 0.25) is 5.91 Å². The van der Waals surface area contributed by atoms with E-state index in [1.54, 1.807) is 20.8 Å². The molecule has 1 aliphatic rings. The standard InChI is InChI=1S/C21H30BrF2N3O3/c1-19(2,3)30-18(29)27-20(11-15-7-5-4-6-8-15)14-25-12-16(20)26-17(28)9-10-21(23,24)13-22/h4-8,16,25H,9-14H2,1-3H3,(H,26,28)(H,27,29)/t16-,20-/m0/s1. The third kappa shape index (κ3) is 7.50. The number of hydrogen-bond acceptors (Lipinski definition) is 4. The van der Waals surface area contributed by atoms with E-state index in [1.165, 1.54) is 0 Å². The van der Waals surface area contributed by atoms with Gasteiger partial charge in [-0.05, 0) is 32.8 Å². The quantitative estimate of drug-likeness (QED) is 0.489. The fourth-order valence-electron chi connectivity index (χ4n) is 3.41. The van der Waals surface area contributed by atoms with E-state index in [9.17, 15) is 18.4 Å². The summed E-state index contributed by atoms with van der Waals surface area (Å²) in [6.07, 6.45) is -0.992. The van der Waals surface area contributed by atoms with Crippen LogP contribution in [0.25, 0.3) is 0 Å². The molecular weight excluding hydrogens is 460 g/mol. The van der Waals surface area contributed by atoms with Crippen LogP contribution in [0, 0.1) is 0 Å². The second-order valence-corrected chi connectivity index (χ2v) is 9.25. The van der Waals surface area contributed by atoms with Crippen molar-refractivity contribution < 1.29 is 23.1 Å². The van der Waals surface area contributed by atoms with Crippen LogP contribution in [0.5, 0.6) is 0 Å². The zero-order valence-electron chi connectivity index (χ0n) is 17.6. The first kappa shape index (κ1) is 24.5. The molecular formula is C21H30BrF2N3O3. The molecule has 0 unspecified atom stereocenters. The lowest BCUT2D eigenvalue weighted by molar-refractivity contribution is -0.123. The van der Waals surface area contributed by atoms with Crippen molar-refractivity contribution in [3.63, 3.8) is 0 Å². The van der Waals surface area contributed by atoms with Crippen LogP contribution in [-0.4, -0.2) is 53.5 Å². The molecule has 30 heavy (non-hydrogen) atoms. The molecule has 1 aromatic rings. The second-order valence-electron chi connectivity index (χ2n) is 8.69. The molecule has 6 nitrogen and oxygen atoms in total. The zero-order chi connectivity index (χ0) is 22.4. The first-order chi connectivity index (χ1) is 13.9. The van der Waals surface area contributed by atoms with Gasteiger partial charge < -0.3 is 20.7 Å². The number of hydrogen-bond donors (Lipinski definition) is 3. The number of carbonyl (C=O) groups is 2. The van der Waals surface area contributed by atoms with E-state index >= 15 is 0 Å². The summed E-state index contributed by atoms with van der Waals surface area (Å²) in [5.74, 6) is -3.42. The number of nitrogens with one attached hydrogen (secondary N) is 3. The molecule has 0 aliphatic carbocycles. The molecule has 0 saturated carbocycles. The highest BCUT2D eigenvalue weighted by Crippen LogP contribution is 2.25. The van der Waals surface area contributed by atoms with Gasteiger partial charge in [0, 0.05) is 25.9 Å². The van der Waals surface area contributed by atoms with E-state index in [4.69, 9.17) is 4.74 Å². The Labute approximate surface area is 184 Å². The minimum atomic E-state index is -2.94. The van der Waals surface area contributed by atoms with E-state index in [0.717, 1.165) is 5.56 Å². The van der Waals surface area contributed by atoms with Gasteiger partial charge >= 0.3 is 6.09 Å². The van der Waals surface area contributed by atoms with Crippen LogP contribution in [0.1, 0.15) is 39.2 Å². The molecule has 0 aromatic heterocycles. The smallest absolute Gasteiger partial charge is 0.408 e. The van der Waals surface area contributed by atoms with Gasteiger partial charge in [0.1, 0.15) is 5.60 Å². The molecule has 2 atom stereocenters. The average Bonchev–Trinajstić information content (AvgIpc) is 3.01. The Morgan fingerprint density at radius 3 is 2.53 bits per heavy atom. The van der Waals surface area contributed by atoms with Crippen LogP contribution >= 0.6 is 15.9 Å². The van der Waals surface area contributed by atoms with Gasteiger partial charge in [0.25, 0.3) is 5.92 Å². The lowest BCUT2D eigenvalue weighted by Crippen LogP contribution is -2.63. The van der Waals surface area contributed by atoms with Gasteiger partial charge in [0.05, 0.1) is 16.9 Å². The third-order valence-corrected chi connectivity index (χ3v) is 5.64. The van der Waals surface area contributed by atoms with Gasteiger partial charge in [-0.3, -0.25) is 4.79 Å². The molecule has 0 spiro atoms. The monoisotopic (exact) mass is 489 g/mol. The summed E-state index contributed by atoms with van der Waals surface area (Å²) in [5, 5.41) is 8.49. The van der Waals surface area contributed by atoms with Gasteiger partial charge in [0.15, 0.2) is 0 Å². The van der Waals surface area contributed by atoms with Crippen LogP contribution in [0.2, 0.25) is 0 Å². The third-order valence-electron chi connectivity index (χ3n) is 4.82. The summed E-state index contributed by atoms with van der Waals surface area (Å²) in [7, 11) is 0. The fraction of sp³-hybridized carbons (Fsp3) is 0.619. The normalized spacial score (nSPS) is 21.9. The lowest BCUT2D eigenvalue weighted by atomic mass is 9.86. The first-order valence-corrected chi connectivity index (χ1v) is 11.1. The molecule has 3 N–H and O–H groups in total. The maximum absolute atomic E-state index is 13.5. The highest BCUT2D eigenvalue weighted by atomic mass is 79.9. The average molecular weight is 490 g/mol. The van der Waals surface area contributed by atoms with Gasteiger partial charge in [-0.2, -0.15) is 0 Å². The highest BCUT2D eigenvalue weighted by molar-refractivity contribution is 9.09. The number of amides is 2.